The van der Waals surface area contributed by atoms with E-state index in [0.717, 1.165) is 12.6 Å². The number of likely N-dealkylation sites (N-methyl/N-ethyl adjacent to an activating group) is 1. The Hall–Kier alpha value is -1.66. The highest BCUT2D eigenvalue weighted by molar-refractivity contribution is 5.95. The van der Waals surface area contributed by atoms with Crippen LogP contribution in [-0.4, -0.2) is 60.1 Å². The van der Waals surface area contributed by atoms with Crippen LogP contribution in [0.15, 0.2) is 18.2 Å². The molecule has 1 heterocycles. The number of hydrogen-bond acceptors (Lipinski definition) is 4. The highest BCUT2D eigenvalue weighted by Gasteiger charge is 2.29. The fraction of sp³-hybridized carbons (Fsp3) is 0.462. The number of phenolic OH excluding ortho intramolecular Hbond substituents is 1. The number of nitrogens with two attached hydrogens (primary N) is 1. The van der Waals surface area contributed by atoms with Crippen molar-refractivity contribution in [2.24, 2.45) is 5.73 Å². The predicted molar refractivity (Wildman–Crippen MR) is 69.4 cm³/mol. The van der Waals surface area contributed by atoms with E-state index in [1.165, 1.54) is 12.1 Å². The Labute approximate surface area is 111 Å². The minimum atomic E-state index is -0.709. The number of aromatic hydroxyl groups is 1. The maximum Gasteiger partial charge on any atom is 0.257 e. The summed E-state index contributed by atoms with van der Waals surface area (Å²) in [6.45, 7) is 2.29. The van der Waals surface area contributed by atoms with Crippen LogP contribution >= 0.6 is 0 Å². The number of rotatable bonds is 2. The van der Waals surface area contributed by atoms with E-state index in [9.17, 15) is 14.3 Å². The number of carbonyl (C=O) groups excluding carboxylic acids is 1. The zero-order valence-corrected chi connectivity index (χ0v) is 10.8. The van der Waals surface area contributed by atoms with Gasteiger partial charge >= 0.3 is 0 Å². The molecule has 0 bridgehead atoms. The summed E-state index contributed by atoms with van der Waals surface area (Å²) in [7, 11) is 1.96. The molecule has 0 spiro atoms. The van der Waals surface area contributed by atoms with Gasteiger partial charge in [-0.25, -0.2) is 4.39 Å². The number of carbonyl (C=O) groups is 1. The molecule has 1 aromatic carbocycles. The first-order chi connectivity index (χ1) is 9.02. The van der Waals surface area contributed by atoms with Gasteiger partial charge in [0.1, 0.15) is 11.6 Å². The van der Waals surface area contributed by atoms with Gasteiger partial charge in [0.05, 0.1) is 11.6 Å². The lowest BCUT2D eigenvalue weighted by atomic mass is 10.1. The lowest BCUT2D eigenvalue weighted by Crippen LogP contribution is -2.56. The third-order valence-electron chi connectivity index (χ3n) is 3.40. The molecule has 2 rings (SSSR count). The van der Waals surface area contributed by atoms with Crippen LogP contribution in [0.4, 0.5) is 4.39 Å². The first-order valence-electron chi connectivity index (χ1n) is 6.21. The van der Waals surface area contributed by atoms with Gasteiger partial charge in [-0.3, -0.25) is 4.79 Å². The molecule has 5 nitrogen and oxygen atoms in total. The van der Waals surface area contributed by atoms with Crippen LogP contribution in [0.3, 0.4) is 0 Å². The second-order valence-electron chi connectivity index (χ2n) is 4.81. The average Bonchev–Trinajstić information content (AvgIpc) is 2.37. The van der Waals surface area contributed by atoms with Crippen LogP contribution in [0.5, 0.6) is 5.75 Å². The Bertz CT molecular complexity index is 481. The summed E-state index contributed by atoms with van der Waals surface area (Å²) in [6.07, 6.45) is 0. The summed E-state index contributed by atoms with van der Waals surface area (Å²) in [5, 5.41) is 9.17. The van der Waals surface area contributed by atoms with Crippen molar-refractivity contribution in [3.05, 3.63) is 29.6 Å². The van der Waals surface area contributed by atoms with E-state index in [4.69, 9.17) is 5.73 Å². The van der Waals surface area contributed by atoms with E-state index >= 15 is 0 Å². The molecule has 1 saturated heterocycles. The number of halogens is 1. The minimum absolute atomic E-state index is 0.0270. The molecule has 19 heavy (non-hydrogen) atoms. The normalized spacial score (nSPS) is 20.6. The third kappa shape index (κ3) is 2.85. The lowest BCUT2D eigenvalue weighted by Gasteiger charge is -2.39. The second-order valence-corrected chi connectivity index (χ2v) is 4.81. The number of hydrogen-bond donors (Lipinski definition) is 2. The first kappa shape index (κ1) is 13.8. The highest BCUT2D eigenvalue weighted by Crippen LogP contribution is 2.19. The SMILES string of the molecule is CN1CCN(C(=O)c2ccc(O)cc2F)C(CN)C1. The highest BCUT2D eigenvalue weighted by atomic mass is 19.1. The van der Waals surface area contributed by atoms with Gasteiger partial charge in [-0.1, -0.05) is 0 Å². The van der Waals surface area contributed by atoms with Crippen LogP contribution in [-0.2, 0) is 0 Å². The van der Waals surface area contributed by atoms with Gasteiger partial charge < -0.3 is 20.6 Å². The molecule has 3 N–H and O–H groups in total. The summed E-state index contributed by atoms with van der Waals surface area (Å²) >= 11 is 0. The quantitative estimate of drug-likeness (QED) is 0.805. The maximum atomic E-state index is 13.7. The van der Waals surface area contributed by atoms with E-state index in [0.29, 0.717) is 19.6 Å². The Morgan fingerprint density at radius 1 is 1.53 bits per heavy atom. The van der Waals surface area contributed by atoms with Gasteiger partial charge in [-0.05, 0) is 19.2 Å². The van der Waals surface area contributed by atoms with Crippen molar-refractivity contribution in [1.82, 2.24) is 9.80 Å². The predicted octanol–water partition coefficient (Wildman–Crippen LogP) is 0.246. The molecule has 6 heteroatoms. The Kier molecular flexibility index (Phi) is 4.01. The van der Waals surface area contributed by atoms with Crippen LogP contribution in [0, 0.1) is 5.82 Å². The molecule has 1 aliphatic heterocycles. The standard InChI is InChI=1S/C13H18FN3O2/c1-16-4-5-17(9(7-15)8-16)13(19)11-3-2-10(18)6-12(11)14/h2-3,6,9,18H,4-5,7-8,15H2,1H3. The zero-order valence-electron chi connectivity index (χ0n) is 10.8. The smallest absolute Gasteiger partial charge is 0.257 e. The van der Waals surface area contributed by atoms with Gasteiger partial charge in [-0.15, -0.1) is 0 Å². The van der Waals surface area contributed by atoms with Crippen molar-refractivity contribution in [3.8, 4) is 5.75 Å². The lowest BCUT2D eigenvalue weighted by molar-refractivity contribution is 0.0511. The van der Waals surface area contributed by atoms with E-state index in [-0.39, 0.29) is 23.3 Å². The second kappa shape index (κ2) is 5.54. The molecule has 1 unspecified atom stereocenters. The van der Waals surface area contributed by atoms with Crippen molar-refractivity contribution in [3.63, 3.8) is 0 Å². The van der Waals surface area contributed by atoms with Gasteiger partial charge in [0.15, 0.2) is 0 Å². The Morgan fingerprint density at radius 2 is 2.26 bits per heavy atom. The number of nitrogens with zero attached hydrogens (tertiary/aromatic N) is 2. The molecule has 1 aliphatic rings. The third-order valence-corrected chi connectivity index (χ3v) is 3.40. The molecule has 1 fully saturated rings. The molecular weight excluding hydrogens is 249 g/mol. The van der Waals surface area contributed by atoms with E-state index in [2.05, 4.69) is 4.90 Å². The monoisotopic (exact) mass is 267 g/mol. The van der Waals surface area contributed by atoms with Crippen molar-refractivity contribution in [1.29, 1.82) is 0 Å². The summed E-state index contributed by atoms with van der Waals surface area (Å²) in [6, 6.07) is 3.45. The Balaban J connectivity index is 2.22. The van der Waals surface area contributed by atoms with E-state index < -0.39 is 5.82 Å². The summed E-state index contributed by atoms with van der Waals surface area (Å²) in [5.74, 6) is -1.27. The fourth-order valence-electron chi connectivity index (χ4n) is 2.31. The van der Waals surface area contributed by atoms with E-state index in [1.54, 1.807) is 4.90 Å². The molecule has 1 aromatic rings. The van der Waals surface area contributed by atoms with Crippen molar-refractivity contribution < 1.29 is 14.3 Å². The first-order valence-corrected chi connectivity index (χ1v) is 6.21. The number of phenols is 1. The van der Waals surface area contributed by atoms with Crippen LogP contribution in [0.25, 0.3) is 0 Å². The van der Waals surface area contributed by atoms with Gasteiger partial charge in [0, 0.05) is 32.2 Å². The summed E-state index contributed by atoms with van der Waals surface area (Å²) in [4.78, 5) is 16.0. The van der Waals surface area contributed by atoms with Crippen molar-refractivity contribution in [2.45, 2.75) is 6.04 Å². The fourth-order valence-corrected chi connectivity index (χ4v) is 2.31. The molecule has 0 aliphatic carbocycles. The zero-order chi connectivity index (χ0) is 14.0. The summed E-state index contributed by atoms with van der Waals surface area (Å²) < 4.78 is 13.7. The minimum Gasteiger partial charge on any atom is -0.508 e. The van der Waals surface area contributed by atoms with Crippen molar-refractivity contribution >= 4 is 5.91 Å². The van der Waals surface area contributed by atoms with Gasteiger partial charge in [0.2, 0.25) is 0 Å². The molecule has 0 saturated carbocycles. The molecule has 104 valence electrons. The average molecular weight is 267 g/mol. The molecule has 1 atom stereocenters. The van der Waals surface area contributed by atoms with Crippen molar-refractivity contribution in [2.75, 3.05) is 33.2 Å². The number of amides is 1. The molecular formula is C13H18FN3O2. The molecule has 0 aromatic heterocycles. The molecule has 0 radical (unpaired) electrons. The number of piperazine rings is 1. The summed E-state index contributed by atoms with van der Waals surface area (Å²) in [5.41, 5.74) is 5.65. The van der Waals surface area contributed by atoms with E-state index in [1.807, 2.05) is 7.05 Å². The maximum absolute atomic E-state index is 13.7. The molecule has 1 amide bonds. The van der Waals surface area contributed by atoms with Crippen LogP contribution < -0.4 is 5.73 Å². The Morgan fingerprint density at radius 3 is 2.89 bits per heavy atom. The topological polar surface area (TPSA) is 69.8 Å². The van der Waals surface area contributed by atoms with Crippen LogP contribution in [0.2, 0.25) is 0 Å². The van der Waals surface area contributed by atoms with Gasteiger partial charge in [0.25, 0.3) is 5.91 Å². The number of benzene rings is 1. The largest absolute Gasteiger partial charge is 0.508 e. The van der Waals surface area contributed by atoms with Crippen LogP contribution in [0.1, 0.15) is 10.4 Å². The van der Waals surface area contributed by atoms with Gasteiger partial charge in [-0.2, -0.15) is 0 Å².